The second-order valence-corrected chi connectivity index (χ2v) is 4.85. The zero-order chi connectivity index (χ0) is 12.6. The molecule has 0 saturated heterocycles. The maximum Gasteiger partial charge on any atom is 0.309 e. The third kappa shape index (κ3) is 5.50. The Balaban J connectivity index is 4.30. The fourth-order valence-electron chi connectivity index (χ4n) is 2.02. The molecule has 0 aliphatic carbocycles. The summed E-state index contributed by atoms with van der Waals surface area (Å²) >= 11 is 0. The maximum atomic E-state index is 11.1. The van der Waals surface area contributed by atoms with Gasteiger partial charge in [-0.2, -0.15) is 0 Å². The minimum Gasteiger partial charge on any atom is -0.481 e. The van der Waals surface area contributed by atoms with Crippen LogP contribution in [0.25, 0.3) is 0 Å². The predicted octanol–water partition coefficient (Wildman–Crippen LogP) is 3.21. The zero-order valence-corrected chi connectivity index (χ0v) is 10.8. The first-order chi connectivity index (χ1) is 7.45. The molecule has 0 bridgehead atoms. The highest BCUT2D eigenvalue weighted by Crippen LogP contribution is 2.28. The number of aliphatic hydroxyl groups is 1. The van der Waals surface area contributed by atoms with Crippen LogP contribution < -0.4 is 0 Å². The van der Waals surface area contributed by atoms with Crippen LogP contribution in [0, 0.1) is 5.92 Å². The Morgan fingerprint density at radius 2 is 1.75 bits per heavy atom. The highest BCUT2D eigenvalue weighted by Gasteiger charge is 2.36. The number of carboxylic acid groups (broad SMARTS) is 1. The number of hydrogen-bond donors (Lipinski definition) is 2. The van der Waals surface area contributed by atoms with Crippen molar-refractivity contribution in [1.82, 2.24) is 0 Å². The van der Waals surface area contributed by atoms with E-state index in [0.29, 0.717) is 12.8 Å². The number of rotatable bonds is 9. The summed E-state index contributed by atoms with van der Waals surface area (Å²) in [6.07, 6.45) is 6.03. The first-order valence-corrected chi connectivity index (χ1v) is 6.40. The van der Waals surface area contributed by atoms with Gasteiger partial charge in [0.05, 0.1) is 11.5 Å². The molecule has 3 nitrogen and oxygen atoms in total. The summed E-state index contributed by atoms with van der Waals surface area (Å²) in [5.74, 6) is -1.49. The molecule has 0 heterocycles. The average molecular weight is 230 g/mol. The topological polar surface area (TPSA) is 57.5 Å². The van der Waals surface area contributed by atoms with Crippen molar-refractivity contribution in [2.75, 3.05) is 0 Å². The molecular weight excluding hydrogens is 204 g/mol. The normalized spacial score (nSPS) is 16.8. The van der Waals surface area contributed by atoms with E-state index in [0.717, 1.165) is 32.1 Å². The van der Waals surface area contributed by atoms with Gasteiger partial charge in [0.25, 0.3) is 0 Å². The first-order valence-electron chi connectivity index (χ1n) is 6.40. The Labute approximate surface area is 98.9 Å². The smallest absolute Gasteiger partial charge is 0.309 e. The van der Waals surface area contributed by atoms with Crippen LogP contribution in [0.4, 0.5) is 0 Å². The van der Waals surface area contributed by atoms with Gasteiger partial charge in [-0.25, -0.2) is 0 Å². The molecule has 3 heteroatoms. The van der Waals surface area contributed by atoms with Gasteiger partial charge < -0.3 is 10.2 Å². The highest BCUT2D eigenvalue weighted by molar-refractivity contribution is 5.71. The van der Waals surface area contributed by atoms with Gasteiger partial charge in [-0.1, -0.05) is 46.0 Å². The predicted molar refractivity (Wildman–Crippen MR) is 65.4 cm³/mol. The number of hydrogen-bond acceptors (Lipinski definition) is 2. The molecule has 0 spiro atoms. The molecule has 2 N–H and O–H groups in total. The summed E-state index contributed by atoms with van der Waals surface area (Å²) in [5.41, 5.74) is -1.06. The Morgan fingerprint density at radius 3 is 2.19 bits per heavy atom. The summed E-state index contributed by atoms with van der Waals surface area (Å²) in [4.78, 5) is 11.1. The van der Waals surface area contributed by atoms with E-state index in [9.17, 15) is 9.90 Å². The molecule has 0 radical (unpaired) electrons. The van der Waals surface area contributed by atoms with Gasteiger partial charge in [-0.15, -0.1) is 0 Å². The second kappa shape index (κ2) is 7.66. The van der Waals surface area contributed by atoms with E-state index in [1.165, 1.54) is 0 Å². The Hall–Kier alpha value is -0.570. The number of aliphatic carboxylic acids is 1. The molecule has 0 fully saturated rings. The van der Waals surface area contributed by atoms with Crippen molar-refractivity contribution in [1.29, 1.82) is 0 Å². The molecule has 2 unspecified atom stereocenters. The van der Waals surface area contributed by atoms with Crippen molar-refractivity contribution >= 4 is 5.97 Å². The van der Waals surface area contributed by atoms with Crippen LogP contribution in [0.2, 0.25) is 0 Å². The Kier molecular flexibility index (Phi) is 7.39. The minimum absolute atomic E-state index is 0.574. The molecule has 0 aliphatic heterocycles. The summed E-state index contributed by atoms with van der Waals surface area (Å²) in [6.45, 7) is 5.79. The van der Waals surface area contributed by atoms with Crippen molar-refractivity contribution in [2.24, 2.45) is 5.92 Å². The summed E-state index contributed by atoms with van der Waals surface area (Å²) in [5, 5.41) is 19.3. The minimum atomic E-state index is -1.06. The molecule has 16 heavy (non-hydrogen) atoms. The standard InChI is InChI=1S/C13H26O3/c1-4-6-8-10-13(3,16)11(12(14)15)9-7-5-2/h11,16H,4-10H2,1-3H3,(H,14,15). The molecule has 2 atom stereocenters. The first kappa shape index (κ1) is 15.4. The molecule has 0 aliphatic rings. The van der Waals surface area contributed by atoms with Gasteiger partial charge in [0.1, 0.15) is 0 Å². The van der Waals surface area contributed by atoms with Crippen molar-refractivity contribution < 1.29 is 15.0 Å². The molecule has 0 rings (SSSR count). The fraction of sp³-hybridized carbons (Fsp3) is 0.923. The van der Waals surface area contributed by atoms with Gasteiger partial charge in [0.15, 0.2) is 0 Å². The molecule has 0 saturated carbocycles. The van der Waals surface area contributed by atoms with E-state index in [4.69, 9.17) is 5.11 Å². The van der Waals surface area contributed by atoms with E-state index in [1.807, 2.05) is 6.92 Å². The molecule has 0 aromatic rings. The SMILES string of the molecule is CCCCCC(C)(O)C(CCCC)C(=O)O. The summed E-state index contributed by atoms with van der Waals surface area (Å²) in [7, 11) is 0. The Morgan fingerprint density at radius 1 is 1.19 bits per heavy atom. The lowest BCUT2D eigenvalue weighted by Gasteiger charge is -2.30. The molecular formula is C13H26O3. The maximum absolute atomic E-state index is 11.1. The van der Waals surface area contributed by atoms with E-state index >= 15 is 0 Å². The number of carbonyl (C=O) groups is 1. The van der Waals surface area contributed by atoms with Gasteiger partial charge in [0.2, 0.25) is 0 Å². The van der Waals surface area contributed by atoms with Crippen LogP contribution >= 0.6 is 0 Å². The largest absolute Gasteiger partial charge is 0.481 e. The van der Waals surface area contributed by atoms with Crippen LogP contribution in [-0.4, -0.2) is 21.8 Å². The fourth-order valence-corrected chi connectivity index (χ4v) is 2.02. The quantitative estimate of drug-likeness (QED) is 0.598. The van der Waals surface area contributed by atoms with Crippen molar-refractivity contribution in [2.45, 2.75) is 71.3 Å². The van der Waals surface area contributed by atoms with Crippen LogP contribution in [0.15, 0.2) is 0 Å². The molecule has 0 aromatic heterocycles. The third-order valence-corrected chi connectivity index (χ3v) is 3.18. The van der Waals surface area contributed by atoms with E-state index < -0.39 is 17.5 Å². The lowest BCUT2D eigenvalue weighted by Crippen LogP contribution is -2.39. The molecule has 96 valence electrons. The molecule has 0 amide bonds. The van der Waals surface area contributed by atoms with Crippen molar-refractivity contribution in [3.05, 3.63) is 0 Å². The van der Waals surface area contributed by atoms with Crippen LogP contribution in [0.5, 0.6) is 0 Å². The van der Waals surface area contributed by atoms with Crippen LogP contribution in [0.1, 0.15) is 65.7 Å². The lowest BCUT2D eigenvalue weighted by atomic mass is 9.81. The number of carboxylic acids is 1. The van der Waals surface area contributed by atoms with E-state index in [1.54, 1.807) is 6.92 Å². The number of unbranched alkanes of at least 4 members (excludes halogenated alkanes) is 3. The summed E-state index contributed by atoms with van der Waals surface area (Å²) in [6, 6.07) is 0. The van der Waals surface area contributed by atoms with E-state index in [2.05, 4.69) is 6.92 Å². The molecule has 0 aromatic carbocycles. The zero-order valence-electron chi connectivity index (χ0n) is 10.8. The van der Waals surface area contributed by atoms with E-state index in [-0.39, 0.29) is 0 Å². The van der Waals surface area contributed by atoms with Gasteiger partial charge >= 0.3 is 5.97 Å². The van der Waals surface area contributed by atoms with Crippen LogP contribution in [-0.2, 0) is 4.79 Å². The lowest BCUT2D eigenvalue weighted by molar-refractivity contribution is -0.152. The highest BCUT2D eigenvalue weighted by atomic mass is 16.4. The average Bonchev–Trinajstić information content (AvgIpc) is 2.17. The van der Waals surface area contributed by atoms with Gasteiger partial charge in [-0.3, -0.25) is 4.79 Å². The summed E-state index contributed by atoms with van der Waals surface area (Å²) < 4.78 is 0. The Bertz CT molecular complexity index is 199. The van der Waals surface area contributed by atoms with Crippen molar-refractivity contribution in [3.63, 3.8) is 0 Å². The van der Waals surface area contributed by atoms with Crippen molar-refractivity contribution in [3.8, 4) is 0 Å². The van der Waals surface area contributed by atoms with Gasteiger partial charge in [0, 0.05) is 0 Å². The van der Waals surface area contributed by atoms with Gasteiger partial charge in [-0.05, 0) is 19.8 Å². The third-order valence-electron chi connectivity index (χ3n) is 3.18. The van der Waals surface area contributed by atoms with Crippen LogP contribution in [0.3, 0.4) is 0 Å². The monoisotopic (exact) mass is 230 g/mol. The second-order valence-electron chi connectivity index (χ2n) is 4.85.